The number of benzene rings is 2. The van der Waals surface area contributed by atoms with E-state index in [0.29, 0.717) is 19.6 Å². The van der Waals surface area contributed by atoms with Gasteiger partial charge in [-0.1, -0.05) is 24.3 Å². The molecule has 23 heavy (non-hydrogen) atoms. The summed E-state index contributed by atoms with van der Waals surface area (Å²) < 4.78 is 5.56. The highest BCUT2D eigenvalue weighted by atomic mass is 35.5. The van der Waals surface area contributed by atoms with Crippen molar-refractivity contribution in [1.29, 1.82) is 0 Å². The van der Waals surface area contributed by atoms with E-state index in [0.717, 1.165) is 29.0 Å². The molecular weight excluding hydrogens is 312 g/mol. The molecule has 2 aromatic rings. The van der Waals surface area contributed by atoms with Crippen LogP contribution in [0.1, 0.15) is 17.5 Å². The van der Waals surface area contributed by atoms with Crippen molar-refractivity contribution in [3.8, 4) is 5.75 Å². The van der Waals surface area contributed by atoms with E-state index in [1.165, 1.54) is 0 Å². The zero-order chi connectivity index (χ0) is 15.8. The molecule has 1 amide bonds. The number of halogens is 1. The molecular formula is C18H23ClN2O2. The molecule has 0 bridgehead atoms. The summed E-state index contributed by atoms with van der Waals surface area (Å²) in [5, 5.41) is 2.89. The van der Waals surface area contributed by atoms with Gasteiger partial charge in [0.25, 0.3) is 0 Å². The van der Waals surface area contributed by atoms with Crippen molar-refractivity contribution in [3.05, 3.63) is 59.7 Å². The summed E-state index contributed by atoms with van der Waals surface area (Å²) in [5.74, 6) is 0.803. The van der Waals surface area contributed by atoms with Gasteiger partial charge in [-0.05, 0) is 48.7 Å². The van der Waals surface area contributed by atoms with Gasteiger partial charge in [-0.15, -0.1) is 12.4 Å². The van der Waals surface area contributed by atoms with Crippen molar-refractivity contribution in [1.82, 2.24) is 5.32 Å². The van der Waals surface area contributed by atoms with Crippen molar-refractivity contribution in [2.24, 2.45) is 0 Å². The summed E-state index contributed by atoms with van der Waals surface area (Å²) in [6.45, 7) is 3.02. The third kappa shape index (κ3) is 7.06. The predicted octanol–water partition coefficient (Wildman–Crippen LogP) is 3.13. The smallest absolute Gasteiger partial charge is 0.223 e. The highest BCUT2D eigenvalue weighted by Crippen LogP contribution is 2.12. The molecule has 0 aliphatic carbocycles. The van der Waals surface area contributed by atoms with Gasteiger partial charge in [-0.25, -0.2) is 0 Å². The van der Waals surface area contributed by atoms with Crippen molar-refractivity contribution in [3.63, 3.8) is 0 Å². The molecule has 2 aromatic carbocycles. The van der Waals surface area contributed by atoms with Crippen LogP contribution in [0.3, 0.4) is 0 Å². The number of anilines is 1. The van der Waals surface area contributed by atoms with Crippen molar-refractivity contribution >= 4 is 24.0 Å². The number of carbonyl (C=O) groups is 1. The highest BCUT2D eigenvalue weighted by Gasteiger charge is 2.02. The topological polar surface area (TPSA) is 64.3 Å². The second-order valence-electron chi connectivity index (χ2n) is 5.26. The van der Waals surface area contributed by atoms with E-state index in [4.69, 9.17) is 10.5 Å². The summed E-state index contributed by atoms with van der Waals surface area (Å²) in [7, 11) is 0. The normalized spacial score (nSPS) is 9.78. The molecule has 0 aliphatic rings. The van der Waals surface area contributed by atoms with Crippen molar-refractivity contribution in [2.45, 2.75) is 19.8 Å². The van der Waals surface area contributed by atoms with Crippen LogP contribution < -0.4 is 15.8 Å². The number of nitrogens with two attached hydrogens (primary N) is 1. The lowest BCUT2D eigenvalue weighted by Crippen LogP contribution is -2.27. The molecule has 0 aliphatic heterocycles. The fraction of sp³-hybridized carbons (Fsp3) is 0.278. The number of rotatable bonds is 7. The summed E-state index contributed by atoms with van der Waals surface area (Å²) >= 11 is 0. The lowest BCUT2D eigenvalue weighted by atomic mass is 10.1. The van der Waals surface area contributed by atoms with E-state index >= 15 is 0 Å². The molecule has 0 radical (unpaired) electrons. The molecule has 0 spiro atoms. The Kier molecular flexibility index (Phi) is 7.98. The Morgan fingerprint density at radius 1 is 1.17 bits per heavy atom. The lowest BCUT2D eigenvalue weighted by Gasteiger charge is -2.08. The van der Waals surface area contributed by atoms with E-state index in [-0.39, 0.29) is 18.3 Å². The van der Waals surface area contributed by atoms with Crippen LogP contribution in [0.15, 0.2) is 48.5 Å². The fourth-order valence-corrected chi connectivity index (χ4v) is 2.09. The summed E-state index contributed by atoms with van der Waals surface area (Å²) in [5.41, 5.74) is 8.68. The first-order chi connectivity index (χ1) is 10.6. The number of nitrogens with one attached hydrogen (secondary N) is 1. The first-order valence-electron chi connectivity index (χ1n) is 7.44. The fourth-order valence-electron chi connectivity index (χ4n) is 2.09. The summed E-state index contributed by atoms with van der Waals surface area (Å²) in [4.78, 5) is 11.7. The van der Waals surface area contributed by atoms with E-state index in [1.807, 2.05) is 55.5 Å². The minimum Gasteiger partial charge on any atom is -0.493 e. The van der Waals surface area contributed by atoms with Crippen LogP contribution in [-0.4, -0.2) is 19.1 Å². The third-order valence-corrected chi connectivity index (χ3v) is 3.30. The maximum absolute atomic E-state index is 11.7. The molecule has 0 atom stereocenters. The molecule has 5 heteroatoms. The molecule has 3 N–H and O–H groups in total. The monoisotopic (exact) mass is 334 g/mol. The van der Waals surface area contributed by atoms with Crippen LogP contribution >= 0.6 is 12.4 Å². The molecule has 2 rings (SSSR count). The van der Waals surface area contributed by atoms with Gasteiger partial charge in [-0.2, -0.15) is 0 Å². The first-order valence-corrected chi connectivity index (χ1v) is 7.44. The third-order valence-electron chi connectivity index (χ3n) is 3.30. The van der Waals surface area contributed by atoms with Crippen LogP contribution in [0.4, 0.5) is 5.69 Å². The molecule has 0 saturated heterocycles. The first kappa shape index (κ1) is 18.8. The molecule has 0 aromatic heterocycles. The Morgan fingerprint density at radius 2 is 1.91 bits per heavy atom. The molecule has 0 heterocycles. The maximum Gasteiger partial charge on any atom is 0.223 e. The van der Waals surface area contributed by atoms with Crippen LogP contribution in [0.2, 0.25) is 0 Å². The van der Waals surface area contributed by atoms with Gasteiger partial charge in [0.2, 0.25) is 5.91 Å². The number of aryl methyl sites for hydroxylation is 1. The zero-order valence-electron chi connectivity index (χ0n) is 13.2. The Morgan fingerprint density at radius 3 is 2.61 bits per heavy atom. The SMILES string of the molecule is Cc1cccc(OCCC(=O)NCCc2ccc(N)cc2)c1.Cl. The minimum atomic E-state index is 0. The number of carbonyl (C=O) groups excluding carboxylic acids is 1. The maximum atomic E-state index is 11.7. The van der Waals surface area contributed by atoms with E-state index in [2.05, 4.69) is 5.32 Å². The lowest BCUT2D eigenvalue weighted by molar-refractivity contribution is -0.121. The molecule has 4 nitrogen and oxygen atoms in total. The number of hydrogen-bond donors (Lipinski definition) is 2. The van der Waals surface area contributed by atoms with Crippen LogP contribution in [0, 0.1) is 6.92 Å². The molecule has 124 valence electrons. The van der Waals surface area contributed by atoms with Gasteiger partial charge in [-0.3, -0.25) is 4.79 Å². The van der Waals surface area contributed by atoms with E-state index < -0.39 is 0 Å². The quantitative estimate of drug-likeness (QED) is 0.765. The number of amides is 1. The Hall–Kier alpha value is -2.20. The second-order valence-corrected chi connectivity index (χ2v) is 5.26. The Balaban J connectivity index is 0.00000264. The number of nitrogen functional groups attached to an aromatic ring is 1. The van der Waals surface area contributed by atoms with Crippen LogP contribution in [-0.2, 0) is 11.2 Å². The van der Waals surface area contributed by atoms with Gasteiger partial charge in [0.05, 0.1) is 13.0 Å². The van der Waals surface area contributed by atoms with Crippen LogP contribution in [0.25, 0.3) is 0 Å². The summed E-state index contributed by atoms with van der Waals surface area (Å²) in [6.07, 6.45) is 1.15. The van der Waals surface area contributed by atoms with Gasteiger partial charge < -0.3 is 15.8 Å². The Labute approximate surface area is 143 Å². The molecule has 0 fully saturated rings. The van der Waals surface area contributed by atoms with Crippen molar-refractivity contribution in [2.75, 3.05) is 18.9 Å². The average molecular weight is 335 g/mol. The summed E-state index contributed by atoms with van der Waals surface area (Å²) in [6, 6.07) is 15.5. The van der Waals surface area contributed by atoms with Gasteiger partial charge in [0, 0.05) is 12.2 Å². The standard InChI is InChI=1S/C18H22N2O2.ClH/c1-14-3-2-4-17(13-14)22-12-10-18(21)20-11-9-15-5-7-16(19)8-6-15;/h2-8,13H,9-12,19H2,1H3,(H,20,21);1H. The molecule has 0 unspecified atom stereocenters. The van der Waals surface area contributed by atoms with E-state index in [1.54, 1.807) is 0 Å². The van der Waals surface area contributed by atoms with Crippen molar-refractivity contribution < 1.29 is 9.53 Å². The average Bonchev–Trinajstić information content (AvgIpc) is 2.49. The predicted molar refractivity (Wildman–Crippen MR) is 96.1 cm³/mol. The minimum absolute atomic E-state index is 0. The van der Waals surface area contributed by atoms with Gasteiger partial charge in [0.15, 0.2) is 0 Å². The number of hydrogen-bond acceptors (Lipinski definition) is 3. The largest absolute Gasteiger partial charge is 0.493 e. The molecule has 0 saturated carbocycles. The van der Waals surface area contributed by atoms with Gasteiger partial charge in [0.1, 0.15) is 5.75 Å². The van der Waals surface area contributed by atoms with Crippen LogP contribution in [0.5, 0.6) is 5.75 Å². The zero-order valence-corrected chi connectivity index (χ0v) is 14.1. The Bertz CT molecular complexity index is 615. The van der Waals surface area contributed by atoms with E-state index in [9.17, 15) is 4.79 Å². The highest BCUT2D eigenvalue weighted by molar-refractivity contribution is 5.85. The van der Waals surface area contributed by atoms with Gasteiger partial charge >= 0.3 is 0 Å². The second kappa shape index (κ2) is 9.74. The number of ether oxygens (including phenoxy) is 1.